The van der Waals surface area contributed by atoms with Crippen LogP contribution >= 0.6 is 22.6 Å². The molecule has 0 atom stereocenters. The van der Waals surface area contributed by atoms with Crippen molar-refractivity contribution >= 4 is 22.6 Å². The topological polar surface area (TPSA) is 30.7 Å². The second kappa shape index (κ2) is 6.37. The van der Waals surface area contributed by atoms with E-state index < -0.39 is 0 Å². The van der Waals surface area contributed by atoms with E-state index in [1.807, 2.05) is 4.68 Å². The highest BCUT2D eigenvalue weighted by atomic mass is 127. The van der Waals surface area contributed by atoms with E-state index in [1.165, 1.54) is 17.3 Å². The Bertz CT molecular complexity index is 258. The van der Waals surface area contributed by atoms with Crippen molar-refractivity contribution < 1.29 is 0 Å². The molecule has 0 bridgehead atoms. The van der Waals surface area contributed by atoms with E-state index in [-0.39, 0.29) is 0 Å². The van der Waals surface area contributed by atoms with Gasteiger partial charge in [-0.15, -0.1) is 5.10 Å². The van der Waals surface area contributed by atoms with Crippen LogP contribution in [-0.4, -0.2) is 19.4 Å². The summed E-state index contributed by atoms with van der Waals surface area (Å²) in [6.07, 6.45) is 5.65. The Morgan fingerprint density at radius 3 is 2.86 bits per heavy atom. The highest BCUT2D eigenvalue weighted by Crippen LogP contribution is 2.04. The van der Waals surface area contributed by atoms with Crippen molar-refractivity contribution in [3.05, 3.63) is 11.9 Å². The summed E-state index contributed by atoms with van der Waals surface area (Å²) in [6.45, 7) is 5.36. The number of hydrogen-bond donors (Lipinski definition) is 0. The van der Waals surface area contributed by atoms with Gasteiger partial charge in [0.15, 0.2) is 0 Å². The number of unbranched alkanes of at least 4 members (excludes halogenated alkanes) is 1. The van der Waals surface area contributed by atoms with Crippen molar-refractivity contribution in [3.8, 4) is 0 Å². The molecule has 0 N–H and O–H groups in total. The van der Waals surface area contributed by atoms with Crippen LogP contribution in [0.25, 0.3) is 0 Å². The van der Waals surface area contributed by atoms with Gasteiger partial charge in [0.25, 0.3) is 0 Å². The van der Waals surface area contributed by atoms with Gasteiger partial charge in [0.05, 0.1) is 5.69 Å². The van der Waals surface area contributed by atoms with Gasteiger partial charge in [-0.25, -0.2) is 0 Å². The van der Waals surface area contributed by atoms with Crippen LogP contribution in [0.1, 0.15) is 32.4 Å². The standard InChI is InChI=1S/C10H18IN3/c1-9(2)7-14-8-10(12-13-14)5-3-4-6-11/h8-9H,3-7H2,1-2H3. The molecule has 1 aromatic rings. The first-order chi connectivity index (χ1) is 6.72. The molecule has 0 amide bonds. The lowest BCUT2D eigenvalue weighted by molar-refractivity contribution is 0.472. The lowest BCUT2D eigenvalue weighted by Gasteiger charge is -2.01. The minimum absolute atomic E-state index is 0.638. The maximum atomic E-state index is 4.15. The molecule has 0 aliphatic heterocycles. The highest BCUT2D eigenvalue weighted by molar-refractivity contribution is 14.1. The van der Waals surface area contributed by atoms with Crippen LogP contribution in [-0.2, 0) is 13.0 Å². The number of halogens is 1. The van der Waals surface area contributed by atoms with Crippen LogP contribution in [0.15, 0.2) is 6.20 Å². The van der Waals surface area contributed by atoms with Crippen molar-refractivity contribution in [2.75, 3.05) is 4.43 Å². The van der Waals surface area contributed by atoms with Gasteiger partial charge in [0.1, 0.15) is 0 Å². The van der Waals surface area contributed by atoms with Gasteiger partial charge in [0, 0.05) is 12.7 Å². The number of rotatable bonds is 6. The molecule has 1 aromatic heterocycles. The molecule has 1 rings (SSSR count). The molecular weight excluding hydrogens is 289 g/mol. The van der Waals surface area contributed by atoms with E-state index in [0.29, 0.717) is 5.92 Å². The van der Waals surface area contributed by atoms with Crippen molar-refractivity contribution in [2.45, 2.75) is 39.7 Å². The molecule has 0 radical (unpaired) electrons. The predicted octanol–water partition coefficient (Wildman–Crippen LogP) is 2.69. The van der Waals surface area contributed by atoms with Gasteiger partial charge in [-0.2, -0.15) is 0 Å². The second-order valence-electron chi connectivity index (χ2n) is 3.97. The van der Waals surface area contributed by atoms with Gasteiger partial charge in [-0.1, -0.05) is 41.7 Å². The number of alkyl halides is 1. The average molecular weight is 307 g/mol. The van der Waals surface area contributed by atoms with E-state index in [0.717, 1.165) is 18.7 Å². The van der Waals surface area contributed by atoms with Gasteiger partial charge in [-0.05, 0) is 29.6 Å². The second-order valence-corrected chi connectivity index (χ2v) is 5.05. The number of hydrogen-bond acceptors (Lipinski definition) is 2. The monoisotopic (exact) mass is 307 g/mol. The largest absolute Gasteiger partial charge is 0.252 e. The summed E-state index contributed by atoms with van der Waals surface area (Å²) in [6, 6.07) is 0. The fraction of sp³-hybridized carbons (Fsp3) is 0.800. The molecule has 0 saturated carbocycles. The molecule has 14 heavy (non-hydrogen) atoms. The molecule has 0 saturated heterocycles. The summed E-state index contributed by atoms with van der Waals surface area (Å²) in [5.41, 5.74) is 1.13. The van der Waals surface area contributed by atoms with Crippen LogP contribution in [0.3, 0.4) is 0 Å². The molecule has 0 fully saturated rings. The van der Waals surface area contributed by atoms with Crippen LogP contribution in [0, 0.1) is 5.92 Å². The van der Waals surface area contributed by atoms with Crippen LogP contribution < -0.4 is 0 Å². The lowest BCUT2D eigenvalue weighted by atomic mass is 10.2. The minimum atomic E-state index is 0.638. The fourth-order valence-electron chi connectivity index (χ4n) is 1.32. The predicted molar refractivity (Wildman–Crippen MR) is 66.7 cm³/mol. The Morgan fingerprint density at radius 2 is 2.21 bits per heavy atom. The summed E-state index contributed by atoms with van der Waals surface area (Å²) < 4.78 is 3.18. The Balaban J connectivity index is 2.35. The molecule has 0 aromatic carbocycles. The van der Waals surface area contributed by atoms with E-state index >= 15 is 0 Å². The highest BCUT2D eigenvalue weighted by Gasteiger charge is 2.01. The lowest BCUT2D eigenvalue weighted by Crippen LogP contribution is -2.04. The van der Waals surface area contributed by atoms with Crippen molar-refractivity contribution in [1.29, 1.82) is 0 Å². The summed E-state index contributed by atoms with van der Waals surface area (Å²) in [5.74, 6) is 0.638. The number of nitrogens with zero attached hydrogens (tertiary/aromatic N) is 3. The third-order valence-corrected chi connectivity index (χ3v) is 2.72. The molecule has 3 nitrogen and oxygen atoms in total. The summed E-state index contributed by atoms with van der Waals surface area (Å²) in [7, 11) is 0. The summed E-state index contributed by atoms with van der Waals surface area (Å²) in [4.78, 5) is 0. The molecular formula is C10H18IN3. The maximum absolute atomic E-state index is 4.15. The molecule has 0 spiro atoms. The average Bonchev–Trinajstić information content (AvgIpc) is 2.52. The van der Waals surface area contributed by atoms with Crippen molar-refractivity contribution in [2.24, 2.45) is 5.92 Å². The van der Waals surface area contributed by atoms with Gasteiger partial charge in [0.2, 0.25) is 0 Å². The SMILES string of the molecule is CC(C)Cn1cc(CCCCI)nn1. The Labute approximate surface area is 99.4 Å². The first-order valence-electron chi connectivity index (χ1n) is 5.17. The smallest absolute Gasteiger partial charge is 0.0827 e. The zero-order valence-electron chi connectivity index (χ0n) is 8.91. The fourth-order valence-corrected chi connectivity index (χ4v) is 1.86. The van der Waals surface area contributed by atoms with Crippen LogP contribution in [0.2, 0.25) is 0 Å². The first-order valence-corrected chi connectivity index (χ1v) is 6.70. The Kier molecular flexibility index (Phi) is 5.44. The normalized spacial score (nSPS) is 11.1. The van der Waals surface area contributed by atoms with Gasteiger partial charge >= 0.3 is 0 Å². The molecule has 1 heterocycles. The molecule has 0 aliphatic rings. The van der Waals surface area contributed by atoms with Crippen LogP contribution in [0.4, 0.5) is 0 Å². The molecule has 0 unspecified atom stereocenters. The quantitative estimate of drug-likeness (QED) is 0.459. The summed E-state index contributed by atoms with van der Waals surface area (Å²) in [5, 5.41) is 8.25. The van der Waals surface area contributed by atoms with Gasteiger partial charge in [-0.3, -0.25) is 4.68 Å². The van der Waals surface area contributed by atoms with Crippen molar-refractivity contribution in [3.63, 3.8) is 0 Å². The van der Waals surface area contributed by atoms with Gasteiger partial charge < -0.3 is 0 Å². The van der Waals surface area contributed by atoms with Crippen LogP contribution in [0.5, 0.6) is 0 Å². The Hall–Kier alpha value is -0.130. The number of aryl methyl sites for hydroxylation is 1. The molecule has 4 heteroatoms. The van der Waals surface area contributed by atoms with E-state index in [4.69, 9.17) is 0 Å². The minimum Gasteiger partial charge on any atom is -0.252 e. The summed E-state index contributed by atoms with van der Waals surface area (Å²) >= 11 is 2.41. The maximum Gasteiger partial charge on any atom is 0.0827 e. The van der Waals surface area contributed by atoms with Crippen molar-refractivity contribution in [1.82, 2.24) is 15.0 Å². The zero-order valence-corrected chi connectivity index (χ0v) is 11.1. The van der Waals surface area contributed by atoms with E-state index in [9.17, 15) is 0 Å². The van der Waals surface area contributed by atoms with E-state index in [2.05, 4.69) is 52.9 Å². The first kappa shape index (κ1) is 11.9. The van der Waals surface area contributed by atoms with E-state index in [1.54, 1.807) is 0 Å². The molecule has 0 aliphatic carbocycles. The molecule has 80 valence electrons. The zero-order chi connectivity index (χ0) is 10.4. The Morgan fingerprint density at radius 1 is 1.43 bits per heavy atom. The number of aromatic nitrogens is 3. The third-order valence-electron chi connectivity index (χ3n) is 1.95. The third kappa shape index (κ3) is 4.39.